The van der Waals surface area contributed by atoms with Gasteiger partial charge in [-0.3, -0.25) is 14.4 Å². The second-order valence-corrected chi connectivity index (χ2v) is 11.2. The van der Waals surface area contributed by atoms with E-state index in [0.717, 1.165) is 0 Å². The topological polar surface area (TPSA) is 80.7 Å². The minimum absolute atomic E-state index is 0.0543. The van der Waals surface area contributed by atoms with Gasteiger partial charge in [-0.1, -0.05) is 27.7 Å². The molecule has 0 aromatic carbocycles. The average molecular weight is 469 g/mol. The molecule has 0 bridgehead atoms. The van der Waals surface area contributed by atoms with E-state index in [1.807, 2.05) is 20.8 Å². The third kappa shape index (κ3) is 3.01. The number of alkyl halides is 2. The van der Waals surface area contributed by atoms with Gasteiger partial charge in [-0.15, -0.1) is 11.6 Å². The molecule has 0 aromatic rings. The van der Waals surface area contributed by atoms with Gasteiger partial charge >= 0.3 is 5.97 Å². The molecule has 0 aliphatic heterocycles. The van der Waals surface area contributed by atoms with Gasteiger partial charge < -0.3 is 9.84 Å². The molecule has 3 saturated carbocycles. The summed E-state index contributed by atoms with van der Waals surface area (Å²) in [5.74, 6) is -1.92. The Hall–Kier alpha value is -1.27. The van der Waals surface area contributed by atoms with Gasteiger partial charge in [-0.05, 0) is 60.5 Å². The summed E-state index contributed by atoms with van der Waals surface area (Å²) in [4.78, 5) is 37.8. The van der Waals surface area contributed by atoms with Gasteiger partial charge in [-0.25, -0.2) is 4.39 Å². The number of fused-ring (bicyclic) bond motifs is 5. The van der Waals surface area contributed by atoms with Crippen molar-refractivity contribution in [2.75, 3.05) is 5.88 Å². The maximum atomic E-state index is 15.5. The van der Waals surface area contributed by atoms with Gasteiger partial charge in [0.2, 0.25) is 0 Å². The van der Waals surface area contributed by atoms with Crippen molar-refractivity contribution in [3.63, 3.8) is 0 Å². The van der Waals surface area contributed by atoms with Crippen LogP contribution in [0.4, 0.5) is 4.39 Å². The van der Waals surface area contributed by atoms with Crippen LogP contribution < -0.4 is 0 Å². The Morgan fingerprint density at radius 3 is 2.62 bits per heavy atom. The normalized spacial score (nSPS) is 47.7. The van der Waals surface area contributed by atoms with E-state index in [2.05, 4.69) is 0 Å². The number of hydrogen-bond donors (Lipinski definition) is 1. The summed E-state index contributed by atoms with van der Waals surface area (Å²) in [5.41, 5.74) is -2.35. The number of aliphatic hydroxyl groups is 1. The lowest BCUT2D eigenvalue weighted by atomic mass is 9.45. The first kappa shape index (κ1) is 23.9. The molecule has 0 heterocycles. The van der Waals surface area contributed by atoms with Gasteiger partial charge in [0.05, 0.1) is 12.0 Å². The fourth-order valence-electron chi connectivity index (χ4n) is 8.23. The highest BCUT2D eigenvalue weighted by molar-refractivity contribution is 6.29. The van der Waals surface area contributed by atoms with Crippen LogP contribution in [0.15, 0.2) is 11.6 Å². The number of carbonyl (C=O) groups is 3. The fraction of sp³-hybridized carbons (Fsp3) is 0.800. The monoisotopic (exact) mass is 468 g/mol. The summed E-state index contributed by atoms with van der Waals surface area (Å²) in [6, 6.07) is 0. The molecule has 3 fully saturated rings. The van der Waals surface area contributed by atoms with Gasteiger partial charge in [0.15, 0.2) is 17.2 Å². The Labute approximate surface area is 194 Å². The Bertz CT molecular complexity index is 872. The second kappa shape index (κ2) is 7.90. The van der Waals surface area contributed by atoms with Crippen LogP contribution in [0, 0.1) is 34.5 Å². The van der Waals surface area contributed by atoms with Crippen LogP contribution in [-0.4, -0.2) is 46.4 Å². The number of hydrogen-bond acceptors (Lipinski definition) is 5. The molecule has 32 heavy (non-hydrogen) atoms. The van der Waals surface area contributed by atoms with Crippen LogP contribution in [0.5, 0.6) is 0 Å². The van der Waals surface area contributed by atoms with E-state index >= 15 is 4.39 Å². The maximum absolute atomic E-state index is 15.5. The van der Waals surface area contributed by atoms with Crippen molar-refractivity contribution in [3.05, 3.63) is 11.6 Å². The zero-order valence-electron chi connectivity index (χ0n) is 19.3. The number of allylic oxidation sites excluding steroid dienone is 1. The Morgan fingerprint density at radius 1 is 1.31 bits per heavy atom. The molecule has 4 rings (SSSR count). The number of halogens is 2. The average Bonchev–Trinajstić information content (AvgIpc) is 2.95. The van der Waals surface area contributed by atoms with E-state index in [1.165, 1.54) is 6.08 Å². The summed E-state index contributed by atoms with van der Waals surface area (Å²) in [6.45, 7) is 7.48. The van der Waals surface area contributed by atoms with Gasteiger partial charge in [0, 0.05) is 24.2 Å². The van der Waals surface area contributed by atoms with E-state index in [9.17, 15) is 19.5 Å². The summed E-state index contributed by atoms with van der Waals surface area (Å²) in [6.07, 6.45) is 1.49. The molecule has 4 aliphatic carbocycles. The van der Waals surface area contributed by atoms with Crippen molar-refractivity contribution in [1.82, 2.24) is 0 Å². The minimum atomic E-state index is -1.43. The SMILES string of the molecule is CCC(=O)O[C@@]1(C(=O)CCl)[C@@H](C)C[C@H]2[C@@H]3C[C@H](F)C4=CC(=O)CC[C@]4(C)[C@H]3[C@@H](O)C[C@@]21C. The maximum Gasteiger partial charge on any atom is 0.306 e. The number of aliphatic hydroxyl groups excluding tert-OH is 1. The number of ether oxygens (including phenoxy) is 1. The predicted octanol–water partition coefficient (Wildman–Crippen LogP) is 4.18. The summed E-state index contributed by atoms with van der Waals surface area (Å²) < 4.78 is 21.5. The molecular weight excluding hydrogens is 435 g/mol. The van der Waals surface area contributed by atoms with Crippen LogP contribution in [-0.2, 0) is 19.1 Å². The first-order chi connectivity index (χ1) is 15.0. The Balaban J connectivity index is 1.82. The van der Waals surface area contributed by atoms with Crippen molar-refractivity contribution in [2.24, 2.45) is 34.5 Å². The zero-order valence-corrected chi connectivity index (χ0v) is 20.1. The lowest BCUT2D eigenvalue weighted by Crippen LogP contribution is -2.65. The van der Waals surface area contributed by atoms with Crippen LogP contribution in [0.3, 0.4) is 0 Å². The van der Waals surface area contributed by atoms with E-state index in [1.54, 1.807) is 6.92 Å². The molecule has 1 N–H and O–H groups in total. The van der Waals surface area contributed by atoms with Crippen molar-refractivity contribution in [2.45, 2.75) is 84.1 Å². The molecular formula is C25H34ClFO5. The van der Waals surface area contributed by atoms with Gasteiger partial charge in [0.25, 0.3) is 0 Å². The van der Waals surface area contributed by atoms with Crippen molar-refractivity contribution >= 4 is 29.1 Å². The van der Waals surface area contributed by atoms with Gasteiger partial charge in [0.1, 0.15) is 6.17 Å². The molecule has 7 heteroatoms. The largest absolute Gasteiger partial charge is 0.450 e. The number of rotatable bonds is 4. The van der Waals surface area contributed by atoms with Crippen LogP contribution >= 0.6 is 11.6 Å². The fourth-order valence-corrected chi connectivity index (χ4v) is 8.43. The predicted molar refractivity (Wildman–Crippen MR) is 118 cm³/mol. The van der Waals surface area contributed by atoms with E-state index in [-0.39, 0.29) is 60.4 Å². The molecule has 0 amide bonds. The van der Waals surface area contributed by atoms with E-state index in [4.69, 9.17) is 16.3 Å². The number of carbonyl (C=O) groups excluding carboxylic acids is 3. The lowest BCUT2D eigenvalue weighted by molar-refractivity contribution is -0.206. The third-order valence-corrected chi connectivity index (χ3v) is 9.75. The highest BCUT2D eigenvalue weighted by Gasteiger charge is 2.73. The standard InChI is InChI=1S/C25H34ClFO5/c1-5-21(31)32-25(20(30)12-26)13(2)8-16-15-10-18(27)17-9-14(28)6-7-23(17,3)22(15)19(29)11-24(16,25)4/h9,13,15-16,18-19,22,29H,5-8,10-12H2,1-4H3/t13-,15-,16-,18-,19-,22+,23-,24-,25+/m0/s1. The smallest absolute Gasteiger partial charge is 0.306 e. The second-order valence-electron chi connectivity index (χ2n) is 10.9. The molecule has 178 valence electrons. The van der Waals surface area contributed by atoms with Gasteiger partial charge in [-0.2, -0.15) is 0 Å². The number of esters is 1. The third-order valence-electron chi connectivity index (χ3n) is 9.51. The van der Waals surface area contributed by atoms with Crippen LogP contribution in [0.1, 0.15) is 66.2 Å². The summed E-state index contributed by atoms with van der Waals surface area (Å²) >= 11 is 6.03. The molecule has 4 aliphatic rings. The molecule has 0 saturated heterocycles. The van der Waals surface area contributed by atoms with Crippen molar-refractivity contribution < 1.29 is 28.6 Å². The first-order valence-electron chi connectivity index (χ1n) is 11.8. The molecule has 5 nitrogen and oxygen atoms in total. The van der Waals surface area contributed by atoms with E-state index in [0.29, 0.717) is 24.8 Å². The van der Waals surface area contributed by atoms with Crippen LogP contribution in [0.25, 0.3) is 0 Å². The number of ketones is 2. The summed E-state index contributed by atoms with van der Waals surface area (Å²) in [7, 11) is 0. The Morgan fingerprint density at radius 2 is 2.00 bits per heavy atom. The molecule has 9 atom stereocenters. The first-order valence-corrected chi connectivity index (χ1v) is 12.4. The molecule has 0 radical (unpaired) electrons. The van der Waals surface area contributed by atoms with Crippen LogP contribution in [0.2, 0.25) is 0 Å². The summed E-state index contributed by atoms with van der Waals surface area (Å²) in [5, 5.41) is 11.5. The minimum Gasteiger partial charge on any atom is -0.450 e. The molecule has 0 spiro atoms. The molecule has 0 aromatic heterocycles. The lowest BCUT2D eigenvalue weighted by Gasteiger charge is -2.61. The van der Waals surface area contributed by atoms with Crippen molar-refractivity contribution in [1.29, 1.82) is 0 Å². The number of Topliss-reactive ketones (excluding diaryl/α,β-unsaturated/α-hetero) is 1. The zero-order chi connectivity index (χ0) is 23.6. The Kier molecular flexibility index (Phi) is 5.89. The van der Waals surface area contributed by atoms with E-state index < -0.39 is 34.7 Å². The highest BCUT2D eigenvalue weighted by Crippen LogP contribution is 2.69. The molecule has 0 unspecified atom stereocenters. The highest BCUT2D eigenvalue weighted by atomic mass is 35.5. The quantitative estimate of drug-likeness (QED) is 0.494. The van der Waals surface area contributed by atoms with Crippen molar-refractivity contribution in [3.8, 4) is 0 Å².